The number of nitrogens with zero attached hydrogens (tertiary/aromatic N) is 1. The Hall–Kier alpha value is 1.12. The van der Waals surface area contributed by atoms with Crippen LogP contribution in [0.25, 0.3) is 0 Å². The van der Waals surface area contributed by atoms with Crippen LogP contribution in [0.15, 0.2) is 11.6 Å². The van der Waals surface area contributed by atoms with Gasteiger partial charge in [0.05, 0.1) is 5.01 Å². The number of thiazole rings is 1. The van der Waals surface area contributed by atoms with Crippen LogP contribution in [-0.4, -0.2) is 12.0 Å². The van der Waals surface area contributed by atoms with Crippen LogP contribution in [0.5, 0.6) is 0 Å². The molecule has 1 rings (SSSR count). The van der Waals surface area contributed by atoms with Gasteiger partial charge in [0.2, 0.25) is 0 Å². The average molecular weight is 205 g/mol. The SMILES string of the molecule is F[B-](F)(F)Cc1nccs1.[K+]. The van der Waals surface area contributed by atoms with Crippen LogP contribution < -0.4 is 51.4 Å². The molecule has 0 bridgehead atoms. The molecule has 0 spiro atoms. The Morgan fingerprint density at radius 1 is 1.45 bits per heavy atom. The molecule has 56 valence electrons. The van der Waals surface area contributed by atoms with Crippen LogP contribution in [0.1, 0.15) is 5.01 Å². The van der Waals surface area contributed by atoms with Crippen molar-refractivity contribution in [2.24, 2.45) is 0 Å². The first-order chi connectivity index (χ1) is 4.58. The van der Waals surface area contributed by atoms with Gasteiger partial charge >= 0.3 is 58.4 Å². The smallest absolute Gasteiger partial charge is 0.449 e. The van der Waals surface area contributed by atoms with Gasteiger partial charge in [-0.25, -0.2) is 0 Å². The molecule has 7 heteroatoms. The number of rotatable bonds is 2. The molecule has 1 aromatic rings. The topological polar surface area (TPSA) is 12.9 Å². The van der Waals surface area contributed by atoms with Crippen LogP contribution in [0, 0.1) is 0 Å². The zero-order chi connectivity index (χ0) is 7.61. The predicted octanol–water partition coefficient (Wildman–Crippen LogP) is -0.924. The van der Waals surface area contributed by atoms with E-state index in [9.17, 15) is 12.9 Å². The van der Waals surface area contributed by atoms with Crippen LogP contribution in [0.4, 0.5) is 12.9 Å². The Morgan fingerprint density at radius 3 is 2.45 bits per heavy atom. The second kappa shape index (κ2) is 4.98. The van der Waals surface area contributed by atoms with Crippen molar-refractivity contribution in [1.82, 2.24) is 4.98 Å². The summed E-state index contributed by atoms with van der Waals surface area (Å²) in [6.07, 6.45) is 0.527. The minimum atomic E-state index is -4.71. The monoisotopic (exact) mass is 205 g/mol. The largest absolute Gasteiger partial charge is 1.00 e. The summed E-state index contributed by atoms with van der Waals surface area (Å²) in [5.74, 6) is 0. The fraction of sp³-hybridized carbons (Fsp3) is 0.250. The second-order valence-corrected chi connectivity index (χ2v) is 2.82. The summed E-state index contributed by atoms with van der Waals surface area (Å²) in [7, 11) is 0. The number of aromatic nitrogens is 1. The van der Waals surface area contributed by atoms with Crippen molar-refractivity contribution in [3.63, 3.8) is 0 Å². The first-order valence-corrected chi connectivity index (χ1v) is 3.55. The van der Waals surface area contributed by atoms with Crippen LogP contribution in [-0.2, 0) is 6.32 Å². The third-order valence-electron chi connectivity index (χ3n) is 0.890. The van der Waals surface area contributed by atoms with E-state index >= 15 is 0 Å². The molecule has 0 atom stereocenters. The van der Waals surface area contributed by atoms with Crippen molar-refractivity contribution >= 4 is 18.3 Å². The van der Waals surface area contributed by atoms with E-state index in [1.54, 1.807) is 0 Å². The molecule has 0 aliphatic carbocycles. The standard InChI is InChI=1S/C4H4BF3NS.K/c6-5(7,8)3-4-9-1-2-10-4;/h1-2H,3H2;/q-1;+1. The number of hydrogen-bond donors (Lipinski definition) is 0. The van der Waals surface area contributed by atoms with E-state index < -0.39 is 13.3 Å². The molecule has 0 radical (unpaired) electrons. The fourth-order valence-electron chi connectivity index (χ4n) is 0.552. The molecule has 0 N–H and O–H groups in total. The Balaban J connectivity index is 0.000001000. The van der Waals surface area contributed by atoms with Gasteiger partial charge in [0.25, 0.3) is 0 Å². The number of halogens is 3. The van der Waals surface area contributed by atoms with Crippen molar-refractivity contribution < 1.29 is 64.3 Å². The maximum atomic E-state index is 11.6. The normalized spacial score (nSPS) is 10.8. The fourth-order valence-corrected chi connectivity index (χ4v) is 1.24. The number of hydrogen-bond acceptors (Lipinski definition) is 2. The van der Waals surface area contributed by atoms with Crippen molar-refractivity contribution in [3.05, 3.63) is 16.6 Å². The molecule has 0 saturated heterocycles. The first kappa shape index (κ1) is 12.1. The quantitative estimate of drug-likeness (QED) is 0.569. The summed E-state index contributed by atoms with van der Waals surface area (Å²) < 4.78 is 34.9. The molecule has 0 fully saturated rings. The van der Waals surface area contributed by atoms with Crippen molar-refractivity contribution in [1.29, 1.82) is 0 Å². The summed E-state index contributed by atoms with van der Waals surface area (Å²) in [5, 5.41) is 1.68. The molecule has 1 heterocycles. The van der Waals surface area contributed by atoms with Gasteiger partial charge < -0.3 is 12.9 Å². The van der Waals surface area contributed by atoms with E-state index in [2.05, 4.69) is 4.98 Å². The third-order valence-corrected chi connectivity index (χ3v) is 1.69. The zero-order valence-corrected chi connectivity index (χ0v) is 9.87. The van der Waals surface area contributed by atoms with Crippen molar-refractivity contribution in [2.75, 3.05) is 0 Å². The van der Waals surface area contributed by atoms with Gasteiger partial charge in [0, 0.05) is 11.6 Å². The molecule has 0 aliphatic rings. The summed E-state index contributed by atoms with van der Waals surface area (Å²) >= 11 is 1.03. The molecular weight excluding hydrogens is 201 g/mol. The van der Waals surface area contributed by atoms with Gasteiger partial charge in [-0.2, -0.15) is 0 Å². The molecule has 11 heavy (non-hydrogen) atoms. The first-order valence-electron chi connectivity index (χ1n) is 2.67. The average Bonchev–Trinajstić information content (AvgIpc) is 2.12. The summed E-state index contributed by atoms with van der Waals surface area (Å²) in [4.78, 5) is 3.52. The minimum Gasteiger partial charge on any atom is -0.449 e. The van der Waals surface area contributed by atoms with Crippen molar-refractivity contribution in [2.45, 2.75) is 6.32 Å². The van der Waals surface area contributed by atoms with Crippen molar-refractivity contribution in [3.8, 4) is 0 Å². The van der Waals surface area contributed by atoms with Crippen LogP contribution in [0.3, 0.4) is 0 Å². The van der Waals surface area contributed by atoms with Gasteiger partial charge in [-0.3, -0.25) is 4.98 Å². The Bertz CT molecular complexity index is 200. The molecule has 1 nitrogen and oxygen atoms in total. The molecule has 0 saturated carbocycles. The van der Waals surface area contributed by atoms with Gasteiger partial charge in [0.1, 0.15) is 0 Å². The predicted molar refractivity (Wildman–Crippen MR) is 34.9 cm³/mol. The molecule has 0 aliphatic heterocycles. The zero-order valence-electron chi connectivity index (χ0n) is 5.93. The Labute approximate surface area is 109 Å². The van der Waals surface area contributed by atoms with Gasteiger partial charge in [0.15, 0.2) is 0 Å². The Kier molecular flexibility index (Phi) is 5.49. The maximum Gasteiger partial charge on any atom is 1.00 e. The van der Waals surface area contributed by atoms with E-state index in [1.807, 2.05) is 0 Å². The van der Waals surface area contributed by atoms with Gasteiger partial charge in [-0.1, -0.05) is 0 Å². The maximum absolute atomic E-state index is 11.6. The minimum absolute atomic E-state index is 0. The second-order valence-electron chi connectivity index (χ2n) is 1.84. The van der Waals surface area contributed by atoms with Gasteiger partial charge in [-0.05, 0) is 6.32 Å². The molecule has 0 unspecified atom stereocenters. The van der Waals surface area contributed by atoms with E-state index in [4.69, 9.17) is 0 Å². The third kappa shape index (κ3) is 5.37. The molecule has 0 aromatic carbocycles. The van der Waals surface area contributed by atoms with E-state index in [-0.39, 0.29) is 56.4 Å². The summed E-state index contributed by atoms with van der Waals surface area (Å²) in [6, 6.07) is 0. The van der Waals surface area contributed by atoms with E-state index in [1.165, 1.54) is 11.6 Å². The van der Waals surface area contributed by atoms with E-state index in [0.29, 0.717) is 0 Å². The summed E-state index contributed by atoms with van der Waals surface area (Å²) in [6.45, 7) is -4.71. The van der Waals surface area contributed by atoms with Gasteiger partial charge in [-0.15, -0.1) is 11.3 Å². The Morgan fingerprint density at radius 2 is 2.09 bits per heavy atom. The molecule has 0 amide bonds. The molecule has 1 aromatic heterocycles. The van der Waals surface area contributed by atoms with Crippen LogP contribution >= 0.6 is 11.3 Å². The van der Waals surface area contributed by atoms with E-state index in [0.717, 1.165) is 11.3 Å². The van der Waals surface area contributed by atoms with Crippen LogP contribution in [0.2, 0.25) is 0 Å². The molecular formula is C4H4BF3KNS. The summed E-state index contributed by atoms with van der Waals surface area (Å²) in [5.41, 5.74) is 0.